The Morgan fingerprint density at radius 1 is 1.15 bits per heavy atom. The van der Waals surface area contributed by atoms with E-state index in [1.807, 2.05) is 25.7 Å². The van der Waals surface area contributed by atoms with E-state index in [1.165, 1.54) is 12.1 Å². The second kappa shape index (κ2) is 10.6. The summed E-state index contributed by atoms with van der Waals surface area (Å²) in [5, 5.41) is 3.39. The third-order valence-electron chi connectivity index (χ3n) is 6.45. The summed E-state index contributed by atoms with van der Waals surface area (Å²) in [5.41, 5.74) is 0.607. The quantitative estimate of drug-likeness (QED) is 0.577. The molecule has 1 amide bonds. The van der Waals surface area contributed by atoms with Crippen LogP contribution in [0.2, 0.25) is 0 Å². The molecule has 2 aliphatic rings. The molecule has 4 unspecified atom stereocenters. The van der Waals surface area contributed by atoms with Gasteiger partial charge < -0.3 is 14.8 Å². The Morgan fingerprint density at radius 2 is 1.82 bits per heavy atom. The van der Waals surface area contributed by atoms with Gasteiger partial charge in [0.25, 0.3) is 0 Å². The molecule has 4 atom stereocenters. The molecule has 2 heterocycles. The van der Waals surface area contributed by atoms with Crippen molar-refractivity contribution >= 4 is 22.0 Å². The molecule has 1 N–H and O–H groups in total. The van der Waals surface area contributed by atoms with Crippen LogP contribution in [0.3, 0.4) is 0 Å². The van der Waals surface area contributed by atoms with Gasteiger partial charge in [0.1, 0.15) is 18.0 Å². The van der Waals surface area contributed by atoms with E-state index < -0.39 is 12.2 Å². The Morgan fingerprint density at radius 3 is 2.44 bits per heavy atom. The highest BCUT2D eigenvalue weighted by Gasteiger charge is 2.43. The van der Waals surface area contributed by atoms with Crippen molar-refractivity contribution in [1.29, 1.82) is 0 Å². The fourth-order valence-electron chi connectivity index (χ4n) is 4.92. The summed E-state index contributed by atoms with van der Waals surface area (Å²) < 4.78 is 26.5. The molecule has 0 spiro atoms. The molecule has 1 aliphatic heterocycles. The number of ether oxygens (including phenoxy) is 2. The number of aromatic nitrogens is 2. The Balaban J connectivity index is 1.54. The molecule has 9 heteroatoms. The second-order valence-electron chi connectivity index (χ2n) is 10.0. The first-order valence-electron chi connectivity index (χ1n) is 11.8. The van der Waals surface area contributed by atoms with Gasteiger partial charge in [0.15, 0.2) is 0 Å². The van der Waals surface area contributed by atoms with Gasteiger partial charge in [0.05, 0.1) is 4.47 Å². The summed E-state index contributed by atoms with van der Waals surface area (Å²) in [5.74, 6) is -0.207. The van der Waals surface area contributed by atoms with Gasteiger partial charge in [-0.25, -0.2) is 19.2 Å². The molecule has 4 rings (SSSR count). The van der Waals surface area contributed by atoms with Crippen LogP contribution in [0.5, 0.6) is 6.01 Å². The molecule has 1 saturated heterocycles. The van der Waals surface area contributed by atoms with E-state index in [-0.39, 0.29) is 35.4 Å². The maximum absolute atomic E-state index is 13.5. The first-order chi connectivity index (χ1) is 16.2. The standard InChI is InChI=1S/C25H32BrFN4O3/c1-25(2,3)31(20-5-4-10-28-15-20)24(32)34-22-12-17(16-6-8-19(27)9-7-16)11-21(22)33-23-29-13-18(26)14-30-23/h6-9,13-14,17,20-22,28H,4-5,10-12,15H2,1-3H3. The van der Waals surface area contributed by atoms with E-state index in [9.17, 15) is 9.18 Å². The van der Waals surface area contributed by atoms with E-state index >= 15 is 0 Å². The Labute approximate surface area is 208 Å². The molecule has 2 fully saturated rings. The summed E-state index contributed by atoms with van der Waals surface area (Å²) in [6.45, 7) is 7.81. The number of halogens is 2. The van der Waals surface area contributed by atoms with Crippen molar-refractivity contribution in [2.24, 2.45) is 0 Å². The van der Waals surface area contributed by atoms with Crippen LogP contribution >= 0.6 is 15.9 Å². The predicted molar refractivity (Wildman–Crippen MR) is 130 cm³/mol. The summed E-state index contributed by atoms with van der Waals surface area (Å²) in [6.07, 6.45) is 5.17. The maximum Gasteiger partial charge on any atom is 0.410 e. The molecule has 1 aromatic carbocycles. The van der Waals surface area contributed by atoms with Gasteiger partial charge in [0, 0.05) is 30.5 Å². The highest BCUT2D eigenvalue weighted by molar-refractivity contribution is 9.10. The van der Waals surface area contributed by atoms with Gasteiger partial charge in [-0.05, 0) is 92.5 Å². The fraction of sp³-hybridized carbons (Fsp3) is 0.560. The van der Waals surface area contributed by atoms with Crippen molar-refractivity contribution in [3.63, 3.8) is 0 Å². The SMILES string of the molecule is CC(C)(C)N(C(=O)OC1CC(c2ccc(F)cc2)CC1Oc1ncc(Br)cn1)C1CCCNC1. The first kappa shape index (κ1) is 24.9. The number of nitrogens with one attached hydrogen (secondary N) is 1. The molecule has 184 valence electrons. The van der Waals surface area contributed by atoms with E-state index in [2.05, 4.69) is 31.2 Å². The molecule has 1 aromatic heterocycles. The molecule has 0 bridgehead atoms. The third kappa shape index (κ3) is 6.05. The maximum atomic E-state index is 13.5. The average Bonchev–Trinajstić information content (AvgIpc) is 3.17. The van der Waals surface area contributed by atoms with Crippen LogP contribution in [-0.2, 0) is 4.74 Å². The zero-order valence-electron chi connectivity index (χ0n) is 19.8. The van der Waals surface area contributed by atoms with Crippen LogP contribution in [0, 0.1) is 5.82 Å². The summed E-state index contributed by atoms with van der Waals surface area (Å²) in [4.78, 5) is 23.8. The predicted octanol–water partition coefficient (Wildman–Crippen LogP) is 5.06. The smallest absolute Gasteiger partial charge is 0.410 e. The minimum Gasteiger partial charge on any atom is -0.456 e. The van der Waals surface area contributed by atoms with E-state index in [1.54, 1.807) is 24.5 Å². The number of hydrogen-bond acceptors (Lipinski definition) is 6. The molecule has 0 radical (unpaired) electrons. The van der Waals surface area contributed by atoms with Crippen molar-refractivity contribution in [3.05, 3.63) is 52.5 Å². The highest BCUT2D eigenvalue weighted by atomic mass is 79.9. The second-order valence-corrected chi connectivity index (χ2v) is 10.9. The zero-order chi connectivity index (χ0) is 24.3. The van der Waals surface area contributed by atoms with Crippen molar-refractivity contribution in [2.75, 3.05) is 13.1 Å². The Bertz CT molecular complexity index is 962. The summed E-state index contributed by atoms with van der Waals surface area (Å²) >= 11 is 3.33. The van der Waals surface area contributed by atoms with E-state index in [0.717, 1.165) is 36.0 Å². The van der Waals surface area contributed by atoms with Crippen LogP contribution < -0.4 is 10.1 Å². The zero-order valence-corrected chi connectivity index (χ0v) is 21.4. The molecule has 1 saturated carbocycles. The minimum absolute atomic E-state index is 0.0679. The van der Waals surface area contributed by atoms with Crippen molar-refractivity contribution in [2.45, 2.75) is 76.2 Å². The van der Waals surface area contributed by atoms with E-state index in [4.69, 9.17) is 9.47 Å². The Hall–Kier alpha value is -2.26. The minimum atomic E-state index is -0.476. The largest absolute Gasteiger partial charge is 0.456 e. The van der Waals surface area contributed by atoms with Crippen LogP contribution in [0.1, 0.15) is 57.9 Å². The Kier molecular flexibility index (Phi) is 7.72. The van der Waals surface area contributed by atoms with Gasteiger partial charge in [-0.1, -0.05) is 12.1 Å². The highest BCUT2D eigenvalue weighted by Crippen LogP contribution is 2.39. The lowest BCUT2D eigenvalue weighted by Crippen LogP contribution is -2.57. The van der Waals surface area contributed by atoms with Crippen LogP contribution in [-0.4, -0.2) is 57.8 Å². The lowest BCUT2D eigenvalue weighted by Gasteiger charge is -2.43. The van der Waals surface area contributed by atoms with Crippen molar-refractivity contribution in [3.8, 4) is 6.01 Å². The van der Waals surface area contributed by atoms with Crippen molar-refractivity contribution in [1.82, 2.24) is 20.2 Å². The first-order valence-corrected chi connectivity index (χ1v) is 12.6. The average molecular weight is 535 g/mol. The number of piperidine rings is 1. The van der Waals surface area contributed by atoms with Crippen LogP contribution in [0.25, 0.3) is 0 Å². The molecule has 2 aromatic rings. The molecule has 34 heavy (non-hydrogen) atoms. The number of rotatable bonds is 5. The van der Waals surface area contributed by atoms with Gasteiger partial charge in [-0.2, -0.15) is 0 Å². The molecule has 1 aliphatic carbocycles. The van der Waals surface area contributed by atoms with Crippen LogP contribution in [0.4, 0.5) is 9.18 Å². The lowest BCUT2D eigenvalue weighted by molar-refractivity contribution is -0.0150. The molecular formula is C25H32BrFN4O3. The monoisotopic (exact) mass is 534 g/mol. The number of benzene rings is 1. The topological polar surface area (TPSA) is 76.6 Å². The van der Waals surface area contributed by atoms with Gasteiger partial charge in [-0.15, -0.1) is 0 Å². The van der Waals surface area contributed by atoms with Gasteiger partial charge in [-0.3, -0.25) is 4.90 Å². The van der Waals surface area contributed by atoms with E-state index in [0.29, 0.717) is 12.8 Å². The van der Waals surface area contributed by atoms with Crippen LogP contribution in [0.15, 0.2) is 41.1 Å². The number of amides is 1. The normalized spacial score (nSPS) is 25.1. The lowest BCUT2D eigenvalue weighted by atomic mass is 9.97. The number of carbonyl (C=O) groups excluding carboxylic acids is 1. The number of hydrogen-bond donors (Lipinski definition) is 1. The fourth-order valence-corrected chi connectivity index (χ4v) is 5.13. The molecule has 7 nitrogen and oxygen atoms in total. The van der Waals surface area contributed by atoms with Crippen molar-refractivity contribution < 1.29 is 18.7 Å². The number of carbonyl (C=O) groups is 1. The number of nitrogens with zero attached hydrogens (tertiary/aromatic N) is 3. The van der Waals surface area contributed by atoms with Gasteiger partial charge in [0.2, 0.25) is 0 Å². The molecular weight excluding hydrogens is 503 g/mol. The third-order valence-corrected chi connectivity index (χ3v) is 6.86. The summed E-state index contributed by atoms with van der Waals surface area (Å²) in [7, 11) is 0. The van der Waals surface area contributed by atoms with Gasteiger partial charge >= 0.3 is 12.1 Å². The summed E-state index contributed by atoms with van der Waals surface area (Å²) in [6, 6.07) is 6.79.